The van der Waals surface area contributed by atoms with E-state index in [1.165, 1.54) is 6.21 Å². The molecule has 1 rings (SSSR count). The van der Waals surface area contributed by atoms with Crippen LogP contribution in [0.3, 0.4) is 0 Å². The maximum Gasteiger partial charge on any atom is 0.490 e. The van der Waals surface area contributed by atoms with E-state index in [-0.39, 0.29) is 5.84 Å². The molecule has 20 heteroatoms. The molecule has 1 heterocycles. The zero-order valence-electron chi connectivity index (χ0n) is 14.2. The summed E-state index contributed by atoms with van der Waals surface area (Å²) in [5.74, 6) is -0.252. The van der Waals surface area contributed by atoms with Gasteiger partial charge in [-0.05, 0) is 0 Å². The second-order valence-electron chi connectivity index (χ2n) is 5.63. The van der Waals surface area contributed by atoms with Crippen molar-refractivity contribution in [3.63, 3.8) is 0 Å². The van der Waals surface area contributed by atoms with Gasteiger partial charge < -0.3 is 40.3 Å². The van der Waals surface area contributed by atoms with Crippen LogP contribution in [0.1, 0.15) is 0 Å². The first-order valence-electron chi connectivity index (χ1n) is 7.25. The average Bonchev–Trinajstić information content (AvgIpc) is 2.77. The highest BCUT2D eigenvalue weighted by Crippen LogP contribution is 2.66. The van der Waals surface area contributed by atoms with Gasteiger partial charge in [-0.1, -0.05) is 15.9 Å². The summed E-state index contributed by atoms with van der Waals surface area (Å²) in [6, 6.07) is 0. The molecule has 0 aromatic carbocycles. The number of hydrogen-bond donors (Lipinski definition) is 8. The number of aliphatic hydroxyl groups excluding tert-OH is 1. The molecular formula is C9H19BrN3O13P3. The molecule has 1 aliphatic rings. The van der Waals surface area contributed by atoms with Gasteiger partial charge in [0.15, 0.2) is 0 Å². The Hall–Kier alpha value is -0.0900. The van der Waals surface area contributed by atoms with E-state index < -0.39 is 65.9 Å². The van der Waals surface area contributed by atoms with Crippen molar-refractivity contribution in [2.24, 2.45) is 10.7 Å². The van der Waals surface area contributed by atoms with Gasteiger partial charge in [0.2, 0.25) is 0 Å². The molecule has 1 fully saturated rings. The number of amidine groups is 1. The lowest BCUT2D eigenvalue weighted by Gasteiger charge is -2.25. The van der Waals surface area contributed by atoms with Crippen molar-refractivity contribution in [2.75, 3.05) is 19.8 Å². The minimum Gasteiger partial charge on any atom is -0.387 e. The van der Waals surface area contributed by atoms with Gasteiger partial charge >= 0.3 is 23.5 Å². The highest BCUT2D eigenvalue weighted by Gasteiger charge is 2.49. The zero-order chi connectivity index (χ0) is 22.7. The number of hydrogen-bond acceptors (Lipinski definition) is 11. The molecule has 0 amide bonds. The summed E-state index contributed by atoms with van der Waals surface area (Å²) in [6.07, 6.45) is -1.89. The summed E-state index contributed by atoms with van der Waals surface area (Å²) in [5, 5.41) is 27.6. The summed E-state index contributed by atoms with van der Waals surface area (Å²) in [6.45, 7) is -1.79. The average molecular weight is 550 g/mol. The first kappa shape index (κ1) is 26.9. The fraction of sp³-hybridized carbons (Fsp3) is 0.778. The Morgan fingerprint density at radius 1 is 1.31 bits per heavy atom. The Balaban J connectivity index is 2.64. The molecule has 0 aromatic heterocycles. The van der Waals surface area contributed by atoms with Crippen molar-refractivity contribution in [1.82, 2.24) is 0 Å². The Morgan fingerprint density at radius 3 is 2.41 bits per heavy atom. The quantitative estimate of drug-likeness (QED) is 0.0636. The molecule has 170 valence electrons. The lowest BCUT2D eigenvalue weighted by molar-refractivity contribution is -0.0483. The first-order valence-corrected chi connectivity index (χ1v) is 12.7. The van der Waals surface area contributed by atoms with E-state index >= 15 is 0 Å². The Bertz CT molecular complexity index is 776. The smallest absolute Gasteiger partial charge is 0.387 e. The largest absolute Gasteiger partial charge is 0.490 e. The number of ether oxygens (including phenoxy) is 1. The summed E-state index contributed by atoms with van der Waals surface area (Å²) >= 11 is 3.02. The van der Waals surface area contributed by atoms with E-state index in [1.807, 2.05) is 0 Å². The molecule has 1 saturated heterocycles. The van der Waals surface area contributed by atoms with Crippen LogP contribution in [0.25, 0.3) is 0 Å². The van der Waals surface area contributed by atoms with Crippen LogP contribution >= 0.6 is 39.4 Å². The van der Waals surface area contributed by atoms with Crippen LogP contribution in [0.4, 0.5) is 0 Å². The molecule has 0 bridgehead atoms. The van der Waals surface area contributed by atoms with E-state index in [2.05, 4.69) is 34.1 Å². The molecule has 6 unspecified atom stereocenters. The third-order valence-electron chi connectivity index (χ3n) is 3.17. The number of nitrogens with zero attached hydrogens (tertiary/aromatic N) is 1. The predicted molar refractivity (Wildman–Crippen MR) is 98.5 cm³/mol. The van der Waals surface area contributed by atoms with Crippen LogP contribution in [0.5, 0.6) is 0 Å². The van der Waals surface area contributed by atoms with Crippen molar-refractivity contribution in [2.45, 2.75) is 22.6 Å². The number of phosphoric ester groups is 1. The van der Waals surface area contributed by atoms with Crippen molar-refractivity contribution < 1.29 is 61.4 Å². The van der Waals surface area contributed by atoms with Crippen LogP contribution in [0.15, 0.2) is 4.99 Å². The van der Waals surface area contributed by atoms with Gasteiger partial charge in [0, 0.05) is 6.21 Å². The number of rotatable bonds is 11. The van der Waals surface area contributed by atoms with Crippen LogP contribution in [0, 0.1) is 5.41 Å². The monoisotopic (exact) mass is 549 g/mol. The first-order chi connectivity index (χ1) is 13.0. The Morgan fingerprint density at radius 2 is 1.90 bits per heavy atom. The van der Waals surface area contributed by atoms with Gasteiger partial charge in [-0.15, -0.1) is 0 Å². The number of alkyl halides is 1. The predicted octanol–water partition coefficient (Wildman–Crippen LogP) is -1.41. The molecule has 0 radical (unpaired) electrons. The number of aliphatic imine (C=N–C) groups is 1. The molecule has 0 saturated carbocycles. The van der Waals surface area contributed by atoms with Gasteiger partial charge in [0.25, 0.3) is 0 Å². The van der Waals surface area contributed by atoms with Gasteiger partial charge in [0.05, 0.1) is 19.8 Å². The third-order valence-corrected chi connectivity index (χ3v) is 7.70. The van der Waals surface area contributed by atoms with Crippen molar-refractivity contribution in [1.29, 1.82) is 5.41 Å². The maximum atomic E-state index is 11.6. The van der Waals surface area contributed by atoms with Crippen LogP contribution < -0.4 is 5.73 Å². The highest BCUT2D eigenvalue weighted by molar-refractivity contribution is 9.10. The number of halogens is 1. The molecular weight excluding hydrogens is 531 g/mol. The van der Waals surface area contributed by atoms with E-state index in [1.54, 1.807) is 0 Å². The second kappa shape index (κ2) is 10.0. The normalized spacial score (nSPS) is 30.7. The van der Waals surface area contributed by atoms with Crippen molar-refractivity contribution in [3.8, 4) is 0 Å². The molecule has 9 N–H and O–H groups in total. The van der Waals surface area contributed by atoms with E-state index in [0.717, 1.165) is 0 Å². The minimum atomic E-state index is -5.68. The fourth-order valence-electron chi connectivity index (χ4n) is 1.91. The van der Waals surface area contributed by atoms with Crippen molar-refractivity contribution in [3.05, 3.63) is 0 Å². The Labute approximate surface area is 171 Å². The second-order valence-corrected chi connectivity index (χ2v) is 11.0. The summed E-state index contributed by atoms with van der Waals surface area (Å²) in [7, 11) is -16.6. The van der Waals surface area contributed by atoms with Gasteiger partial charge in [-0.2, -0.15) is 8.62 Å². The van der Waals surface area contributed by atoms with Crippen LogP contribution in [-0.2, 0) is 31.6 Å². The fourth-order valence-corrected chi connectivity index (χ4v) is 5.10. The summed E-state index contributed by atoms with van der Waals surface area (Å²) in [5.41, 5.74) is 3.28. The molecule has 0 spiro atoms. The topological polar surface area (TPSA) is 272 Å². The molecule has 0 aromatic rings. The van der Waals surface area contributed by atoms with E-state index in [4.69, 9.17) is 30.6 Å². The third kappa shape index (κ3) is 9.29. The lowest BCUT2D eigenvalue weighted by Crippen LogP contribution is -2.47. The number of nitrogens with two attached hydrogens (primary N) is 1. The molecule has 6 atom stereocenters. The van der Waals surface area contributed by atoms with Crippen molar-refractivity contribution >= 4 is 51.4 Å². The number of phosphoric acid groups is 3. The molecule has 0 aliphatic carbocycles. The SMILES string of the molecule is N=C(N)C(Br)C=NCC1(O)COC(COP(=O)(O)OP(=O)(O)OP(=O)(O)O)C1O. The standard InChI is InChI=1S/C9H19BrN3O13P3/c10-5(8(11)12)1-13-3-9(15)4-23-6(7(9)14)2-24-28(19,20)26-29(21,22)25-27(16,17)18/h1,5-7,14-15H,2-4H2,(H3,11,12)(H,19,20)(H,21,22)(H2,16,17,18). The maximum absolute atomic E-state index is 11.6. The lowest BCUT2D eigenvalue weighted by atomic mass is 9.97. The summed E-state index contributed by atoms with van der Waals surface area (Å²) in [4.78, 5) is 38.4. The van der Waals surface area contributed by atoms with Crippen LogP contribution in [-0.4, -0.2) is 84.2 Å². The summed E-state index contributed by atoms with van der Waals surface area (Å²) < 4.78 is 49.8. The minimum absolute atomic E-state index is 0.252. The van der Waals surface area contributed by atoms with Gasteiger partial charge in [0.1, 0.15) is 28.5 Å². The van der Waals surface area contributed by atoms with Gasteiger partial charge in [-0.3, -0.25) is 14.9 Å². The van der Waals surface area contributed by atoms with Crippen LogP contribution in [0.2, 0.25) is 0 Å². The van der Waals surface area contributed by atoms with Gasteiger partial charge in [-0.25, -0.2) is 13.7 Å². The number of aliphatic hydroxyl groups is 2. The molecule has 16 nitrogen and oxygen atoms in total. The molecule has 29 heavy (non-hydrogen) atoms. The zero-order valence-corrected chi connectivity index (χ0v) is 18.5. The van der Waals surface area contributed by atoms with E-state index in [0.29, 0.717) is 0 Å². The Kier molecular flexibility index (Phi) is 9.31. The number of nitrogens with one attached hydrogen (secondary N) is 1. The molecule has 1 aliphatic heterocycles. The highest BCUT2D eigenvalue weighted by atomic mass is 79.9. The van der Waals surface area contributed by atoms with E-state index in [9.17, 15) is 28.8 Å².